The highest BCUT2D eigenvalue weighted by molar-refractivity contribution is 7.93. The van der Waals surface area contributed by atoms with Crippen molar-refractivity contribution in [3.63, 3.8) is 0 Å². The van der Waals surface area contributed by atoms with Gasteiger partial charge in [0.2, 0.25) is 0 Å². The number of quaternary nitrogens is 1. The lowest BCUT2D eigenvalue weighted by Gasteiger charge is -2.26. The third-order valence-corrected chi connectivity index (χ3v) is 6.77. The van der Waals surface area contributed by atoms with Gasteiger partial charge in [0.1, 0.15) is 12.3 Å². The zero-order valence-electron chi connectivity index (χ0n) is 19.7. The number of hydrogen-bond acceptors (Lipinski definition) is 4. The topological polar surface area (TPSA) is 95.8 Å². The summed E-state index contributed by atoms with van der Waals surface area (Å²) in [7, 11) is -3.76. The lowest BCUT2D eigenvalue weighted by Crippen LogP contribution is -2.35. The number of alkyl halides is 3. The van der Waals surface area contributed by atoms with Crippen LogP contribution in [0.5, 0.6) is 0 Å². The molecule has 1 unspecified atom stereocenters. The molecule has 11 heteroatoms. The number of carbonyl (C=O) groups is 1. The first-order valence-corrected chi connectivity index (χ1v) is 12.4. The maximum Gasteiger partial charge on any atom is 0.516 e. The maximum absolute atomic E-state index is 12.9. The minimum atomic E-state index is -5.60. The van der Waals surface area contributed by atoms with Crippen molar-refractivity contribution in [2.45, 2.75) is 32.7 Å². The summed E-state index contributed by atoms with van der Waals surface area (Å²) in [6, 6.07) is 12.3. The summed E-state index contributed by atoms with van der Waals surface area (Å²) in [5, 5.41) is 14.7. The van der Waals surface area contributed by atoms with Crippen molar-refractivity contribution in [2.75, 3.05) is 18.3 Å². The molecular weight excluding hydrogens is 483 g/mol. The fourth-order valence-corrected chi connectivity index (χ4v) is 4.75. The molecule has 3 rings (SSSR count). The molecule has 0 saturated heterocycles. The van der Waals surface area contributed by atoms with Gasteiger partial charge in [0.25, 0.3) is 0 Å². The van der Waals surface area contributed by atoms with Crippen LogP contribution in [0, 0.1) is 5.92 Å². The molecule has 0 spiro atoms. The number of rotatable bonds is 8. The van der Waals surface area contributed by atoms with E-state index in [1.54, 1.807) is 35.1 Å². The van der Waals surface area contributed by atoms with Crippen LogP contribution in [0.25, 0.3) is 16.8 Å². The Morgan fingerprint density at radius 1 is 1.09 bits per heavy atom. The van der Waals surface area contributed by atoms with Gasteiger partial charge in [-0.05, 0) is 30.2 Å². The molecule has 0 saturated carbocycles. The van der Waals surface area contributed by atoms with Gasteiger partial charge in [-0.2, -0.15) is 26.2 Å². The van der Waals surface area contributed by atoms with Crippen LogP contribution in [0.1, 0.15) is 32.8 Å². The number of aliphatic carboxylic acids is 1. The number of sulfonamides is 1. The largest absolute Gasteiger partial charge is 0.516 e. The van der Waals surface area contributed by atoms with Crippen molar-refractivity contribution < 1.29 is 36.1 Å². The second kappa shape index (κ2) is 9.46. The number of anilines is 1. The molecular formula is C24H27F3N3O4S+. The smallest absolute Gasteiger partial charge is 0.477 e. The van der Waals surface area contributed by atoms with E-state index in [0.29, 0.717) is 29.1 Å². The minimum absolute atomic E-state index is 0.0625. The maximum atomic E-state index is 12.9. The average molecular weight is 511 g/mol. The summed E-state index contributed by atoms with van der Waals surface area (Å²) in [5.41, 5.74) is -3.20. The van der Waals surface area contributed by atoms with Gasteiger partial charge in [0.15, 0.2) is 11.3 Å². The average Bonchev–Trinajstić information content (AvgIpc) is 3.07. The fraction of sp³-hybridized carbons (Fsp3) is 0.333. The number of nitrogens with zero attached hydrogens (tertiary/aromatic N) is 2. The number of hydrogen-bond donors (Lipinski definition) is 2. The number of carboxylic acid groups (broad SMARTS) is 1. The third kappa shape index (κ3) is 5.10. The second-order valence-corrected chi connectivity index (χ2v) is 10.4. The molecule has 188 valence electrons. The first kappa shape index (κ1) is 26.4. The molecule has 1 aliphatic rings. The Morgan fingerprint density at radius 2 is 1.66 bits per heavy atom. The van der Waals surface area contributed by atoms with Gasteiger partial charge in [0, 0.05) is 17.0 Å². The molecule has 0 amide bonds. The summed E-state index contributed by atoms with van der Waals surface area (Å²) in [6.07, 6.45) is 0.757. The van der Waals surface area contributed by atoms with E-state index in [2.05, 4.69) is 0 Å². The Hall–Kier alpha value is -3.18. The monoisotopic (exact) mass is 510 g/mol. The standard InChI is InChI=1S/C24H26F3N3O4S/c1-5-14-30(4)22(20(23(31)32)21(28-30)15(2)3)17-12-10-16(11-13-17)18-8-6-7-9-19(18)29-35(33,34)24(25,26)27/h6-13,15H,5,14H2,1-4H3,(H-,28,29,31,32)/p+1. The van der Waals surface area contributed by atoms with Gasteiger partial charge in [0.05, 0.1) is 12.7 Å². The SMILES string of the molecule is CCC[N+]1(C)N=C(C(C)C)C(C(=O)O)=C1c1ccc(-c2ccccc2NS(=O)(=O)C(F)(F)F)cc1. The molecule has 35 heavy (non-hydrogen) atoms. The molecule has 1 aliphatic heterocycles. The summed E-state index contributed by atoms with van der Waals surface area (Å²) in [4.78, 5) is 12.2. The van der Waals surface area contributed by atoms with Crippen LogP contribution in [0.3, 0.4) is 0 Å². The van der Waals surface area contributed by atoms with Crippen LogP contribution in [0.15, 0.2) is 59.2 Å². The van der Waals surface area contributed by atoms with Gasteiger partial charge < -0.3 is 5.11 Å². The third-order valence-electron chi connectivity index (χ3n) is 5.67. The van der Waals surface area contributed by atoms with Crippen molar-refractivity contribution in [3.05, 3.63) is 59.7 Å². The molecule has 2 aromatic carbocycles. The van der Waals surface area contributed by atoms with Gasteiger partial charge in [-0.25, -0.2) is 4.79 Å². The molecule has 0 fully saturated rings. The molecule has 0 bridgehead atoms. The Morgan fingerprint density at radius 3 is 2.17 bits per heavy atom. The Kier molecular flexibility index (Phi) is 7.14. The van der Waals surface area contributed by atoms with E-state index >= 15 is 0 Å². The number of halogens is 3. The predicted molar refractivity (Wildman–Crippen MR) is 129 cm³/mol. The van der Waals surface area contributed by atoms with Crippen LogP contribution < -0.4 is 4.72 Å². The molecule has 1 atom stereocenters. The summed E-state index contributed by atoms with van der Waals surface area (Å²) >= 11 is 0. The number of nitrogens with one attached hydrogen (secondary N) is 1. The van der Waals surface area contributed by atoms with E-state index < -0.39 is 21.5 Å². The summed E-state index contributed by atoms with van der Waals surface area (Å²) in [5.74, 6) is -1.19. The van der Waals surface area contributed by atoms with E-state index in [1.165, 1.54) is 18.2 Å². The lowest BCUT2D eigenvalue weighted by molar-refractivity contribution is -0.844. The quantitative estimate of drug-likeness (QED) is 0.472. The summed E-state index contributed by atoms with van der Waals surface area (Å²) < 4.78 is 63.6. The van der Waals surface area contributed by atoms with Crippen molar-refractivity contribution in [3.8, 4) is 11.1 Å². The Balaban J connectivity index is 2.09. The second-order valence-electron chi connectivity index (χ2n) is 8.71. The van der Waals surface area contributed by atoms with E-state index in [9.17, 15) is 31.5 Å². The van der Waals surface area contributed by atoms with E-state index in [1.807, 2.05) is 27.8 Å². The molecule has 0 radical (unpaired) electrons. The molecule has 0 aliphatic carbocycles. The first-order chi connectivity index (χ1) is 16.2. The summed E-state index contributed by atoms with van der Waals surface area (Å²) in [6.45, 7) is 6.31. The van der Waals surface area contributed by atoms with E-state index in [-0.39, 0.29) is 27.3 Å². The molecule has 2 aromatic rings. The zero-order chi connectivity index (χ0) is 26.2. The highest BCUT2D eigenvalue weighted by Crippen LogP contribution is 2.39. The van der Waals surface area contributed by atoms with E-state index in [0.717, 1.165) is 6.42 Å². The number of benzene rings is 2. The number of para-hydroxylation sites is 1. The first-order valence-electron chi connectivity index (χ1n) is 10.9. The molecule has 1 heterocycles. The molecule has 2 N–H and O–H groups in total. The highest BCUT2D eigenvalue weighted by Gasteiger charge is 2.46. The van der Waals surface area contributed by atoms with Crippen LogP contribution >= 0.6 is 0 Å². The molecule has 7 nitrogen and oxygen atoms in total. The van der Waals surface area contributed by atoms with Crippen molar-refractivity contribution in [2.24, 2.45) is 11.0 Å². The lowest BCUT2D eigenvalue weighted by atomic mass is 9.95. The highest BCUT2D eigenvalue weighted by atomic mass is 32.2. The van der Waals surface area contributed by atoms with Crippen molar-refractivity contribution in [1.82, 2.24) is 0 Å². The number of carboxylic acids is 1. The van der Waals surface area contributed by atoms with Crippen LogP contribution in [0.4, 0.5) is 18.9 Å². The Labute approximate surface area is 202 Å². The minimum Gasteiger partial charge on any atom is -0.477 e. The normalized spacial score (nSPS) is 18.7. The Bertz CT molecular complexity index is 1300. The van der Waals surface area contributed by atoms with Crippen molar-refractivity contribution in [1.29, 1.82) is 0 Å². The predicted octanol–water partition coefficient (Wildman–Crippen LogP) is 5.29. The van der Waals surface area contributed by atoms with Crippen LogP contribution in [-0.4, -0.2) is 48.9 Å². The molecule has 0 aromatic heterocycles. The van der Waals surface area contributed by atoms with Gasteiger partial charge in [-0.3, -0.25) is 4.72 Å². The zero-order valence-corrected chi connectivity index (χ0v) is 20.5. The van der Waals surface area contributed by atoms with Crippen LogP contribution in [-0.2, 0) is 14.8 Å². The van der Waals surface area contributed by atoms with Crippen molar-refractivity contribution >= 4 is 33.1 Å². The van der Waals surface area contributed by atoms with Gasteiger partial charge in [-0.15, -0.1) is 0 Å². The van der Waals surface area contributed by atoms with E-state index in [4.69, 9.17) is 5.10 Å². The van der Waals surface area contributed by atoms with Crippen LogP contribution in [0.2, 0.25) is 0 Å². The fourth-order valence-electron chi connectivity index (χ4n) is 4.17. The van der Waals surface area contributed by atoms with Gasteiger partial charge >= 0.3 is 21.5 Å². The van der Waals surface area contributed by atoms with Gasteiger partial charge in [-0.1, -0.05) is 56.2 Å².